The van der Waals surface area contributed by atoms with Gasteiger partial charge in [-0.25, -0.2) is 0 Å². The number of esters is 1. The number of likely N-dealkylation sites (tertiary alicyclic amines) is 1. The summed E-state index contributed by atoms with van der Waals surface area (Å²) in [6.45, 7) is 2.11. The fourth-order valence-corrected chi connectivity index (χ4v) is 3.14. The minimum Gasteiger partial charge on any atom is -0.469 e. The number of rotatable bonds is 2. The molecule has 3 nitrogen and oxygen atoms in total. The van der Waals surface area contributed by atoms with Gasteiger partial charge in [-0.15, -0.1) is 0 Å². The van der Waals surface area contributed by atoms with Gasteiger partial charge in [0.2, 0.25) is 0 Å². The smallest absolute Gasteiger partial charge is 0.309 e. The zero-order valence-electron chi connectivity index (χ0n) is 10.3. The van der Waals surface area contributed by atoms with E-state index in [2.05, 4.69) is 4.90 Å². The molecule has 2 aliphatic rings. The quantitative estimate of drug-likeness (QED) is 0.675. The number of carbonyl (C=O) groups is 1. The van der Waals surface area contributed by atoms with Gasteiger partial charge in [0, 0.05) is 12.6 Å². The van der Waals surface area contributed by atoms with Crippen molar-refractivity contribution in [3.8, 4) is 0 Å². The third-order valence-electron chi connectivity index (χ3n) is 4.08. The molecule has 0 N–H and O–H groups in total. The summed E-state index contributed by atoms with van der Waals surface area (Å²) in [5.41, 5.74) is 0. The Morgan fingerprint density at radius 3 is 2.56 bits per heavy atom. The van der Waals surface area contributed by atoms with Crippen LogP contribution in [-0.4, -0.2) is 37.1 Å². The molecule has 0 amide bonds. The van der Waals surface area contributed by atoms with Gasteiger partial charge in [-0.2, -0.15) is 0 Å². The minimum absolute atomic E-state index is 0.0134. The van der Waals surface area contributed by atoms with Crippen LogP contribution < -0.4 is 0 Å². The van der Waals surface area contributed by atoms with Crippen LogP contribution in [0.25, 0.3) is 0 Å². The van der Waals surface area contributed by atoms with Crippen molar-refractivity contribution in [1.29, 1.82) is 0 Å². The number of hydrogen-bond donors (Lipinski definition) is 0. The summed E-state index contributed by atoms with van der Waals surface area (Å²) < 4.78 is 4.86. The van der Waals surface area contributed by atoms with Gasteiger partial charge in [0.15, 0.2) is 0 Å². The highest BCUT2D eigenvalue weighted by Gasteiger charge is 2.30. The number of carbonyl (C=O) groups excluding carboxylic acids is 1. The summed E-state index contributed by atoms with van der Waals surface area (Å²) in [4.78, 5) is 14.1. The monoisotopic (exact) mass is 225 g/mol. The van der Waals surface area contributed by atoms with Crippen LogP contribution in [0.2, 0.25) is 0 Å². The number of nitrogens with zero attached hydrogens (tertiary/aromatic N) is 1. The lowest BCUT2D eigenvalue weighted by atomic mass is 9.90. The van der Waals surface area contributed by atoms with Crippen LogP contribution in [0, 0.1) is 5.92 Å². The first kappa shape index (κ1) is 11.9. The summed E-state index contributed by atoms with van der Waals surface area (Å²) in [5, 5.41) is 0. The summed E-state index contributed by atoms with van der Waals surface area (Å²) in [6.07, 6.45) is 8.94. The topological polar surface area (TPSA) is 29.5 Å². The average molecular weight is 225 g/mol. The normalized spacial score (nSPS) is 28.9. The molecule has 1 atom stereocenters. The van der Waals surface area contributed by atoms with E-state index in [4.69, 9.17) is 4.74 Å². The molecule has 1 aliphatic carbocycles. The molecular weight excluding hydrogens is 202 g/mol. The molecule has 0 bridgehead atoms. The molecule has 1 heterocycles. The van der Waals surface area contributed by atoms with Gasteiger partial charge in [0.25, 0.3) is 0 Å². The van der Waals surface area contributed by atoms with Crippen molar-refractivity contribution in [2.24, 2.45) is 5.92 Å². The molecule has 3 heteroatoms. The maximum Gasteiger partial charge on any atom is 0.309 e. The minimum atomic E-state index is -0.0134. The summed E-state index contributed by atoms with van der Waals surface area (Å²) in [5.74, 6) is 0.112. The first-order valence-electron chi connectivity index (χ1n) is 6.63. The van der Waals surface area contributed by atoms with Crippen LogP contribution in [-0.2, 0) is 9.53 Å². The second-order valence-corrected chi connectivity index (χ2v) is 5.15. The van der Waals surface area contributed by atoms with Crippen LogP contribution in [0.15, 0.2) is 0 Å². The average Bonchev–Trinajstić information content (AvgIpc) is 2.39. The van der Waals surface area contributed by atoms with Crippen LogP contribution in [0.4, 0.5) is 0 Å². The molecule has 16 heavy (non-hydrogen) atoms. The molecule has 2 rings (SSSR count). The lowest BCUT2D eigenvalue weighted by molar-refractivity contribution is -0.147. The van der Waals surface area contributed by atoms with Crippen molar-refractivity contribution in [1.82, 2.24) is 4.90 Å². The van der Waals surface area contributed by atoms with E-state index in [9.17, 15) is 4.79 Å². The number of hydrogen-bond acceptors (Lipinski definition) is 3. The Labute approximate surface area is 98.1 Å². The molecular formula is C13H23NO2. The van der Waals surface area contributed by atoms with Crippen molar-refractivity contribution in [2.75, 3.05) is 20.2 Å². The van der Waals surface area contributed by atoms with E-state index in [1.165, 1.54) is 45.8 Å². The highest BCUT2D eigenvalue weighted by Crippen LogP contribution is 2.27. The zero-order valence-corrected chi connectivity index (χ0v) is 10.3. The Balaban J connectivity index is 1.87. The number of piperidine rings is 1. The van der Waals surface area contributed by atoms with Crippen molar-refractivity contribution in [3.05, 3.63) is 0 Å². The van der Waals surface area contributed by atoms with Crippen LogP contribution >= 0.6 is 0 Å². The maximum absolute atomic E-state index is 11.5. The summed E-state index contributed by atoms with van der Waals surface area (Å²) in [6, 6.07) is 0.737. The molecule has 0 aromatic rings. The number of ether oxygens (including phenoxy) is 1. The van der Waals surface area contributed by atoms with Gasteiger partial charge in [-0.1, -0.05) is 19.3 Å². The lowest BCUT2D eigenvalue weighted by Gasteiger charge is -2.39. The van der Waals surface area contributed by atoms with E-state index in [0.717, 1.165) is 25.4 Å². The molecule has 0 unspecified atom stereocenters. The molecule has 0 spiro atoms. The molecule has 1 aliphatic heterocycles. The summed E-state index contributed by atoms with van der Waals surface area (Å²) >= 11 is 0. The van der Waals surface area contributed by atoms with E-state index < -0.39 is 0 Å². The van der Waals surface area contributed by atoms with Crippen molar-refractivity contribution < 1.29 is 9.53 Å². The molecule has 1 saturated heterocycles. The fourth-order valence-electron chi connectivity index (χ4n) is 3.14. The van der Waals surface area contributed by atoms with E-state index in [1.54, 1.807) is 0 Å². The Bertz CT molecular complexity index is 236. The van der Waals surface area contributed by atoms with Crippen LogP contribution in [0.3, 0.4) is 0 Å². The van der Waals surface area contributed by atoms with Gasteiger partial charge in [0.05, 0.1) is 13.0 Å². The van der Waals surface area contributed by atoms with Gasteiger partial charge in [0.1, 0.15) is 0 Å². The Hall–Kier alpha value is -0.570. The van der Waals surface area contributed by atoms with Gasteiger partial charge >= 0.3 is 5.97 Å². The van der Waals surface area contributed by atoms with E-state index in [-0.39, 0.29) is 11.9 Å². The molecule has 0 aromatic heterocycles. The predicted octanol–water partition coefficient (Wildman–Crippen LogP) is 2.20. The Morgan fingerprint density at radius 2 is 1.88 bits per heavy atom. The zero-order chi connectivity index (χ0) is 11.4. The van der Waals surface area contributed by atoms with Gasteiger partial charge < -0.3 is 4.74 Å². The highest BCUT2D eigenvalue weighted by molar-refractivity contribution is 5.72. The lowest BCUT2D eigenvalue weighted by Crippen LogP contribution is -2.45. The standard InChI is InChI=1S/C13H23NO2/c1-16-13(15)11-6-5-9-14(10-11)12-7-3-2-4-8-12/h11-12H,2-10H2,1H3/t11-/m0/s1. The molecule has 1 saturated carbocycles. The van der Waals surface area contributed by atoms with Crippen molar-refractivity contribution >= 4 is 5.97 Å². The van der Waals surface area contributed by atoms with Crippen LogP contribution in [0.5, 0.6) is 0 Å². The van der Waals surface area contributed by atoms with E-state index in [0.29, 0.717) is 0 Å². The predicted molar refractivity (Wildman–Crippen MR) is 63.2 cm³/mol. The van der Waals surface area contributed by atoms with Crippen LogP contribution in [0.1, 0.15) is 44.9 Å². The third kappa shape index (κ3) is 2.76. The molecule has 92 valence electrons. The second kappa shape index (κ2) is 5.67. The van der Waals surface area contributed by atoms with Gasteiger partial charge in [-0.3, -0.25) is 9.69 Å². The second-order valence-electron chi connectivity index (χ2n) is 5.15. The Morgan fingerprint density at radius 1 is 1.12 bits per heavy atom. The molecule has 0 aromatic carbocycles. The fraction of sp³-hybridized carbons (Fsp3) is 0.923. The molecule has 0 radical (unpaired) electrons. The van der Waals surface area contributed by atoms with Crippen molar-refractivity contribution in [3.63, 3.8) is 0 Å². The first-order valence-corrected chi connectivity index (χ1v) is 6.63. The van der Waals surface area contributed by atoms with Crippen molar-refractivity contribution in [2.45, 2.75) is 51.0 Å². The molecule has 2 fully saturated rings. The number of methoxy groups -OCH3 is 1. The Kier molecular flexibility index (Phi) is 4.22. The van der Waals surface area contributed by atoms with Gasteiger partial charge in [-0.05, 0) is 32.2 Å². The van der Waals surface area contributed by atoms with E-state index in [1.807, 2.05) is 0 Å². The SMILES string of the molecule is COC(=O)[C@H]1CCCN(C2CCCCC2)C1. The highest BCUT2D eigenvalue weighted by atomic mass is 16.5. The maximum atomic E-state index is 11.5. The van der Waals surface area contributed by atoms with E-state index >= 15 is 0 Å². The first-order chi connectivity index (χ1) is 7.81. The third-order valence-corrected chi connectivity index (χ3v) is 4.08. The summed E-state index contributed by atoms with van der Waals surface area (Å²) in [7, 11) is 1.50. The largest absolute Gasteiger partial charge is 0.469 e.